The van der Waals surface area contributed by atoms with Crippen LogP contribution in [0.4, 0.5) is 0 Å². The van der Waals surface area contributed by atoms with Gasteiger partial charge in [0.2, 0.25) is 0 Å². The van der Waals surface area contributed by atoms with Crippen molar-refractivity contribution in [2.75, 3.05) is 7.11 Å². The molecule has 0 radical (unpaired) electrons. The average Bonchev–Trinajstić information content (AvgIpc) is 2.01. The van der Waals surface area contributed by atoms with Gasteiger partial charge in [-0.15, -0.1) is 0 Å². The first-order valence-corrected chi connectivity index (χ1v) is 3.98. The van der Waals surface area contributed by atoms with Gasteiger partial charge in [-0.05, 0) is 25.0 Å². The van der Waals surface area contributed by atoms with Crippen molar-refractivity contribution in [2.24, 2.45) is 0 Å². The molecule has 1 rings (SSSR count). The molecule has 1 aromatic rings. The lowest BCUT2D eigenvalue weighted by Gasteiger charge is -2.09. The van der Waals surface area contributed by atoms with Crippen LogP contribution in [0, 0.1) is 13.8 Å². The summed E-state index contributed by atoms with van der Waals surface area (Å²) in [5.74, 6) is 0.474. The van der Waals surface area contributed by atoms with Gasteiger partial charge in [-0.2, -0.15) is 0 Å². The summed E-state index contributed by atoms with van der Waals surface area (Å²) in [6.07, 6.45) is 0. The van der Waals surface area contributed by atoms with E-state index in [1.807, 2.05) is 19.9 Å². The maximum absolute atomic E-state index is 9.50. The van der Waals surface area contributed by atoms with E-state index in [0.29, 0.717) is 10.8 Å². The zero-order valence-electron chi connectivity index (χ0n) is 7.31. The third-order valence-corrected chi connectivity index (χ3v) is 2.24. The van der Waals surface area contributed by atoms with E-state index in [-0.39, 0.29) is 5.75 Å². The second-order valence-corrected chi connectivity index (χ2v) is 3.08. The van der Waals surface area contributed by atoms with Crippen molar-refractivity contribution in [1.29, 1.82) is 0 Å². The molecule has 66 valence electrons. The summed E-state index contributed by atoms with van der Waals surface area (Å²) in [5, 5.41) is 9.86. The van der Waals surface area contributed by atoms with Gasteiger partial charge < -0.3 is 9.84 Å². The lowest BCUT2D eigenvalue weighted by atomic mass is 10.1. The Hall–Kier alpha value is -0.890. The van der Waals surface area contributed by atoms with Crippen molar-refractivity contribution in [2.45, 2.75) is 13.8 Å². The van der Waals surface area contributed by atoms with Gasteiger partial charge in [-0.25, -0.2) is 0 Å². The van der Waals surface area contributed by atoms with E-state index >= 15 is 0 Å². The fourth-order valence-corrected chi connectivity index (χ4v) is 1.32. The molecule has 0 aromatic heterocycles. The van der Waals surface area contributed by atoms with Gasteiger partial charge in [0.15, 0.2) is 11.5 Å². The minimum Gasteiger partial charge on any atom is -0.503 e. The third-order valence-electron chi connectivity index (χ3n) is 1.76. The molecule has 0 heterocycles. The Morgan fingerprint density at radius 2 is 1.92 bits per heavy atom. The number of phenols is 1. The number of hydrogen-bond donors (Lipinski definition) is 1. The van der Waals surface area contributed by atoms with Crippen LogP contribution in [0.5, 0.6) is 11.5 Å². The van der Waals surface area contributed by atoms with Crippen molar-refractivity contribution in [3.63, 3.8) is 0 Å². The molecule has 0 fully saturated rings. The van der Waals surface area contributed by atoms with E-state index in [4.69, 9.17) is 16.3 Å². The SMILES string of the molecule is COc1c(C)cc(C)c(Cl)c1O. The first-order chi connectivity index (χ1) is 5.57. The van der Waals surface area contributed by atoms with Gasteiger partial charge in [-0.3, -0.25) is 0 Å². The number of halogens is 1. The minimum absolute atomic E-state index is 0.0247. The predicted octanol–water partition coefficient (Wildman–Crippen LogP) is 2.67. The zero-order valence-corrected chi connectivity index (χ0v) is 8.07. The van der Waals surface area contributed by atoms with Crippen molar-refractivity contribution in [3.05, 3.63) is 22.2 Å². The van der Waals surface area contributed by atoms with Crippen LogP contribution in [-0.4, -0.2) is 12.2 Å². The van der Waals surface area contributed by atoms with Crippen LogP contribution in [0.1, 0.15) is 11.1 Å². The highest BCUT2D eigenvalue weighted by molar-refractivity contribution is 6.33. The van der Waals surface area contributed by atoms with Crippen molar-refractivity contribution < 1.29 is 9.84 Å². The van der Waals surface area contributed by atoms with E-state index in [2.05, 4.69) is 0 Å². The fraction of sp³-hybridized carbons (Fsp3) is 0.333. The molecule has 0 aliphatic carbocycles. The second kappa shape index (κ2) is 3.23. The van der Waals surface area contributed by atoms with Crippen molar-refractivity contribution in [1.82, 2.24) is 0 Å². The molecule has 3 heteroatoms. The minimum atomic E-state index is 0.0247. The molecule has 0 atom stereocenters. The van der Waals surface area contributed by atoms with E-state index in [1.54, 1.807) is 0 Å². The van der Waals surface area contributed by atoms with Gasteiger partial charge in [0.05, 0.1) is 12.1 Å². The summed E-state index contributed by atoms with van der Waals surface area (Å²) in [5.41, 5.74) is 1.74. The maximum atomic E-state index is 9.50. The number of aromatic hydroxyl groups is 1. The maximum Gasteiger partial charge on any atom is 0.177 e. The van der Waals surface area contributed by atoms with Crippen LogP contribution in [-0.2, 0) is 0 Å². The molecule has 0 aliphatic rings. The van der Waals surface area contributed by atoms with Gasteiger partial charge >= 0.3 is 0 Å². The predicted molar refractivity (Wildman–Crippen MR) is 49.1 cm³/mol. The summed E-state index contributed by atoms with van der Waals surface area (Å²) in [7, 11) is 1.51. The molecular weight excluding hydrogens is 176 g/mol. The zero-order chi connectivity index (χ0) is 9.30. The number of phenolic OH excluding ortho intramolecular Hbond substituents is 1. The molecule has 0 aliphatic heterocycles. The monoisotopic (exact) mass is 186 g/mol. The number of benzene rings is 1. The van der Waals surface area contributed by atoms with Crippen LogP contribution in [0.2, 0.25) is 5.02 Å². The topological polar surface area (TPSA) is 29.5 Å². The molecular formula is C9H11ClO2. The molecule has 0 spiro atoms. The molecule has 0 saturated heterocycles. The lowest BCUT2D eigenvalue weighted by molar-refractivity contribution is 0.371. The van der Waals surface area contributed by atoms with Crippen LogP contribution in [0.15, 0.2) is 6.07 Å². The number of aryl methyl sites for hydroxylation is 2. The molecule has 0 amide bonds. The molecule has 2 nitrogen and oxygen atoms in total. The summed E-state index contributed by atoms with van der Waals surface area (Å²) in [6, 6.07) is 1.88. The number of methoxy groups -OCH3 is 1. The summed E-state index contributed by atoms with van der Waals surface area (Å²) in [6.45, 7) is 3.70. The lowest BCUT2D eigenvalue weighted by Crippen LogP contribution is -1.90. The number of hydrogen-bond acceptors (Lipinski definition) is 2. The first-order valence-electron chi connectivity index (χ1n) is 3.60. The molecule has 0 bridgehead atoms. The highest BCUT2D eigenvalue weighted by Gasteiger charge is 2.11. The largest absolute Gasteiger partial charge is 0.503 e. The van der Waals surface area contributed by atoms with Gasteiger partial charge in [0, 0.05) is 0 Å². The van der Waals surface area contributed by atoms with Gasteiger partial charge in [0.1, 0.15) is 0 Å². The quantitative estimate of drug-likeness (QED) is 0.731. The number of rotatable bonds is 1. The Morgan fingerprint density at radius 3 is 2.42 bits per heavy atom. The highest BCUT2D eigenvalue weighted by atomic mass is 35.5. The van der Waals surface area contributed by atoms with Crippen LogP contribution < -0.4 is 4.74 Å². The highest BCUT2D eigenvalue weighted by Crippen LogP contribution is 2.38. The Kier molecular flexibility index (Phi) is 2.48. The molecule has 0 unspecified atom stereocenters. The van der Waals surface area contributed by atoms with Crippen molar-refractivity contribution >= 4 is 11.6 Å². The Bertz CT molecular complexity index is 308. The van der Waals surface area contributed by atoms with Crippen LogP contribution >= 0.6 is 11.6 Å². The van der Waals surface area contributed by atoms with Crippen molar-refractivity contribution in [3.8, 4) is 11.5 Å². The standard InChI is InChI=1S/C9H11ClO2/c1-5-4-6(2)9(12-3)8(11)7(5)10/h4,11H,1-3H3. The van der Waals surface area contributed by atoms with Crippen LogP contribution in [0.25, 0.3) is 0 Å². The Morgan fingerprint density at radius 1 is 1.33 bits per heavy atom. The Labute approximate surface area is 76.7 Å². The fourth-order valence-electron chi connectivity index (χ4n) is 1.18. The summed E-state index contributed by atoms with van der Waals surface area (Å²) < 4.78 is 4.98. The van der Waals surface area contributed by atoms with Gasteiger partial charge in [-0.1, -0.05) is 17.7 Å². The summed E-state index contributed by atoms with van der Waals surface area (Å²) >= 11 is 5.80. The first kappa shape index (κ1) is 9.20. The Balaban J connectivity index is 3.40. The third kappa shape index (κ3) is 1.34. The van der Waals surface area contributed by atoms with E-state index < -0.39 is 0 Å². The molecule has 1 aromatic carbocycles. The normalized spacial score (nSPS) is 10.0. The molecule has 1 N–H and O–H groups in total. The number of ether oxygens (including phenoxy) is 1. The smallest absolute Gasteiger partial charge is 0.177 e. The second-order valence-electron chi connectivity index (χ2n) is 2.71. The summed E-state index contributed by atoms with van der Waals surface area (Å²) in [4.78, 5) is 0. The molecule has 0 saturated carbocycles. The average molecular weight is 187 g/mol. The van der Waals surface area contributed by atoms with E-state index in [0.717, 1.165) is 11.1 Å². The van der Waals surface area contributed by atoms with Gasteiger partial charge in [0.25, 0.3) is 0 Å². The molecule has 12 heavy (non-hydrogen) atoms. The van der Waals surface area contributed by atoms with E-state index in [9.17, 15) is 5.11 Å². The van der Waals surface area contributed by atoms with Crippen LogP contribution in [0.3, 0.4) is 0 Å². The van der Waals surface area contributed by atoms with E-state index in [1.165, 1.54) is 7.11 Å².